The lowest BCUT2D eigenvalue weighted by molar-refractivity contribution is 0.368. The number of aromatic nitrogens is 1. The third kappa shape index (κ3) is 2.38. The summed E-state index contributed by atoms with van der Waals surface area (Å²) in [6, 6.07) is 0.0321. The third-order valence-electron chi connectivity index (χ3n) is 2.33. The largest absolute Gasteiger partial charge is 0.254 e. The summed E-state index contributed by atoms with van der Waals surface area (Å²) in [5, 5.41) is 0. The van der Waals surface area contributed by atoms with Crippen LogP contribution in [0.25, 0.3) is 0 Å². The van der Waals surface area contributed by atoms with E-state index in [2.05, 4.69) is 4.98 Å². The van der Waals surface area contributed by atoms with Crippen molar-refractivity contribution in [2.75, 3.05) is 18.1 Å². The van der Waals surface area contributed by atoms with Crippen LogP contribution < -0.4 is 0 Å². The van der Waals surface area contributed by atoms with Crippen molar-refractivity contribution in [2.24, 2.45) is 0 Å². The Balaban J connectivity index is 2.31. The molecule has 1 aliphatic rings. The molecule has 0 bridgehead atoms. The van der Waals surface area contributed by atoms with E-state index in [1.54, 1.807) is 11.8 Å². The van der Waals surface area contributed by atoms with Gasteiger partial charge in [0.2, 0.25) is 0 Å². The Morgan fingerprint density at radius 1 is 1.62 bits per heavy atom. The molecule has 1 saturated heterocycles. The predicted octanol–water partition coefficient (Wildman–Crippen LogP) is 1.92. The van der Waals surface area contributed by atoms with Gasteiger partial charge in [-0.05, 0) is 6.92 Å². The van der Waals surface area contributed by atoms with Gasteiger partial charge in [-0.25, -0.2) is 13.4 Å². The topological polar surface area (TPSA) is 50.3 Å². The molecule has 1 aromatic rings. The average Bonchev–Trinajstić information content (AvgIpc) is 2.66. The van der Waals surface area contributed by atoms with Crippen LogP contribution in [0.15, 0.2) is 10.4 Å². The van der Waals surface area contributed by atoms with Crippen molar-refractivity contribution in [3.05, 3.63) is 10.7 Å². The minimum atomic E-state index is -3.40. The molecule has 4 nitrogen and oxygen atoms in total. The van der Waals surface area contributed by atoms with Crippen LogP contribution in [0.4, 0.5) is 0 Å². The summed E-state index contributed by atoms with van der Waals surface area (Å²) >= 11 is 8.45. The summed E-state index contributed by atoms with van der Waals surface area (Å²) in [6.45, 7) is 2.48. The maximum atomic E-state index is 12.2. The first-order valence-electron chi connectivity index (χ1n) is 4.73. The van der Waals surface area contributed by atoms with Crippen LogP contribution in [0.1, 0.15) is 6.92 Å². The Morgan fingerprint density at radius 3 is 2.94 bits per heavy atom. The zero-order chi connectivity index (χ0) is 11.8. The van der Waals surface area contributed by atoms with Gasteiger partial charge in [0.25, 0.3) is 10.0 Å². The maximum Gasteiger partial charge on any atom is 0.254 e. The molecule has 0 amide bonds. The Morgan fingerprint density at radius 2 is 2.38 bits per heavy atom. The second-order valence-electron chi connectivity index (χ2n) is 3.47. The number of thiazole rings is 1. The van der Waals surface area contributed by atoms with E-state index in [9.17, 15) is 8.42 Å². The second kappa shape index (κ2) is 4.81. The van der Waals surface area contributed by atoms with Crippen molar-refractivity contribution in [2.45, 2.75) is 17.2 Å². The first-order valence-corrected chi connectivity index (χ1v) is 8.51. The molecule has 1 fully saturated rings. The van der Waals surface area contributed by atoms with Gasteiger partial charge in [-0.2, -0.15) is 16.1 Å². The van der Waals surface area contributed by atoms with Gasteiger partial charge in [-0.3, -0.25) is 0 Å². The lowest BCUT2D eigenvalue weighted by atomic mass is 10.4. The van der Waals surface area contributed by atoms with E-state index in [1.807, 2.05) is 6.92 Å². The smallest absolute Gasteiger partial charge is 0.232 e. The fraction of sp³-hybridized carbons (Fsp3) is 0.625. The molecule has 0 spiro atoms. The molecule has 1 aliphatic heterocycles. The number of halogens is 1. The van der Waals surface area contributed by atoms with Crippen LogP contribution in [0.2, 0.25) is 4.47 Å². The number of rotatable bonds is 2. The first kappa shape index (κ1) is 12.6. The number of thioether (sulfide) groups is 1. The van der Waals surface area contributed by atoms with Crippen molar-refractivity contribution < 1.29 is 8.42 Å². The van der Waals surface area contributed by atoms with Gasteiger partial charge in [0.15, 0.2) is 8.68 Å². The molecule has 0 aromatic carbocycles. The van der Waals surface area contributed by atoms with Crippen molar-refractivity contribution in [1.29, 1.82) is 0 Å². The lowest BCUT2D eigenvalue weighted by Crippen LogP contribution is -2.44. The Kier molecular flexibility index (Phi) is 3.80. The normalized spacial score (nSPS) is 23.5. The van der Waals surface area contributed by atoms with E-state index < -0.39 is 10.0 Å². The highest BCUT2D eigenvalue weighted by Gasteiger charge is 2.32. The molecule has 2 rings (SSSR count). The van der Waals surface area contributed by atoms with Gasteiger partial charge in [0.05, 0.1) is 6.20 Å². The minimum absolute atomic E-state index is 0.0321. The highest BCUT2D eigenvalue weighted by molar-refractivity contribution is 7.99. The molecule has 2 heterocycles. The Hall–Kier alpha value is 0.180. The third-order valence-corrected chi connectivity index (χ3v) is 7.08. The molecular formula is C8H11ClN2O2S3. The van der Waals surface area contributed by atoms with E-state index in [0.29, 0.717) is 6.54 Å². The Bertz CT molecular complexity index is 473. The maximum absolute atomic E-state index is 12.2. The summed E-state index contributed by atoms with van der Waals surface area (Å²) < 4.78 is 26.5. The molecule has 1 aromatic heterocycles. The zero-order valence-corrected chi connectivity index (χ0v) is 11.8. The predicted molar refractivity (Wildman–Crippen MR) is 67.8 cm³/mol. The summed E-state index contributed by atoms with van der Waals surface area (Å²) in [7, 11) is -3.40. The van der Waals surface area contributed by atoms with Crippen LogP contribution in [0.5, 0.6) is 0 Å². The lowest BCUT2D eigenvalue weighted by Gasteiger charge is -2.31. The Labute approximate surface area is 108 Å². The molecule has 0 saturated carbocycles. The van der Waals surface area contributed by atoms with E-state index in [4.69, 9.17) is 11.6 Å². The van der Waals surface area contributed by atoms with Gasteiger partial charge in [-0.15, -0.1) is 0 Å². The quantitative estimate of drug-likeness (QED) is 0.837. The van der Waals surface area contributed by atoms with Gasteiger partial charge in [0, 0.05) is 24.1 Å². The second-order valence-corrected chi connectivity index (χ2v) is 8.35. The monoisotopic (exact) mass is 298 g/mol. The number of sulfonamides is 1. The molecule has 8 heteroatoms. The summed E-state index contributed by atoms with van der Waals surface area (Å²) in [4.78, 5) is 3.78. The van der Waals surface area contributed by atoms with Crippen LogP contribution in [0.3, 0.4) is 0 Å². The SMILES string of the molecule is CC1CSCCN1S(=O)(=O)c1cnc(Cl)s1. The van der Waals surface area contributed by atoms with Crippen LogP contribution >= 0.6 is 34.7 Å². The van der Waals surface area contributed by atoms with E-state index >= 15 is 0 Å². The molecule has 1 atom stereocenters. The zero-order valence-electron chi connectivity index (χ0n) is 8.59. The fourth-order valence-electron chi connectivity index (χ4n) is 1.54. The average molecular weight is 299 g/mol. The summed E-state index contributed by atoms with van der Waals surface area (Å²) in [5.41, 5.74) is 0. The highest BCUT2D eigenvalue weighted by Crippen LogP contribution is 2.29. The summed E-state index contributed by atoms with van der Waals surface area (Å²) in [6.07, 6.45) is 1.33. The molecular weight excluding hydrogens is 288 g/mol. The number of hydrogen-bond acceptors (Lipinski definition) is 5. The van der Waals surface area contributed by atoms with Crippen LogP contribution in [-0.4, -0.2) is 41.8 Å². The molecule has 90 valence electrons. The summed E-state index contributed by atoms with van der Waals surface area (Å²) in [5.74, 6) is 1.68. The number of nitrogens with zero attached hydrogens (tertiary/aromatic N) is 2. The first-order chi connectivity index (χ1) is 7.51. The standard InChI is InChI=1S/C8H11ClN2O2S3/c1-6-5-14-3-2-11(6)16(12,13)7-4-10-8(9)15-7/h4,6H,2-3,5H2,1H3. The van der Waals surface area contributed by atoms with Crippen LogP contribution in [-0.2, 0) is 10.0 Å². The molecule has 1 unspecified atom stereocenters. The number of hydrogen-bond donors (Lipinski definition) is 0. The molecule has 0 N–H and O–H groups in total. The highest BCUT2D eigenvalue weighted by atomic mass is 35.5. The van der Waals surface area contributed by atoms with Gasteiger partial charge >= 0.3 is 0 Å². The molecule has 0 aliphatic carbocycles. The van der Waals surface area contributed by atoms with Gasteiger partial charge in [0.1, 0.15) is 0 Å². The fourth-order valence-corrected chi connectivity index (χ4v) is 5.82. The van der Waals surface area contributed by atoms with E-state index in [1.165, 1.54) is 10.5 Å². The van der Waals surface area contributed by atoms with E-state index in [-0.39, 0.29) is 14.7 Å². The van der Waals surface area contributed by atoms with Crippen molar-refractivity contribution in [1.82, 2.24) is 9.29 Å². The van der Waals surface area contributed by atoms with E-state index in [0.717, 1.165) is 22.8 Å². The van der Waals surface area contributed by atoms with Crippen LogP contribution in [0, 0.1) is 0 Å². The van der Waals surface area contributed by atoms with Crippen molar-refractivity contribution in [3.63, 3.8) is 0 Å². The van der Waals surface area contributed by atoms with Gasteiger partial charge in [-0.1, -0.05) is 22.9 Å². The van der Waals surface area contributed by atoms with Gasteiger partial charge < -0.3 is 0 Å². The van der Waals surface area contributed by atoms with Crippen molar-refractivity contribution in [3.8, 4) is 0 Å². The minimum Gasteiger partial charge on any atom is -0.232 e. The molecule has 0 radical (unpaired) electrons. The molecule has 16 heavy (non-hydrogen) atoms. The van der Waals surface area contributed by atoms with Crippen molar-refractivity contribution >= 4 is 44.7 Å².